The summed E-state index contributed by atoms with van der Waals surface area (Å²) in [6.07, 6.45) is 2.65. The molecule has 0 amide bonds. The number of hydrogen-bond acceptors (Lipinski definition) is 2. The SMILES string of the molecule is Cc1cc(CNC2CC2)c2cccc(Br)c2n1. The lowest BCUT2D eigenvalue weighted by Gasteiger charge is -2.09. The van der Waals surface area contributed by atoms with Crippen molar-refractivity contribution in [1.29, 1.82) is 0 Å². The zero-order valence-corrected chi connectivity index (χ0v) is 11.4. The van der Waals surface area contributed by atoms with E-state index < -0.39 is 0 Å². The molecule has 0 unspecified atom stereocenters. The molecule has 1 N–H and O–H groups in total. The molecule has 1 aromatic heterocycles. The van der Waals surface area contributed by atoms with E-state index in [1.54, 1.807) is 0 Å². The Balaban J connectivity index is 2.05. The number of aromatic nitrogens is 1. The zero-order chi connectivity index (χ0) is 11.8. The lowest BCUT2D eigenvalue weighted by Crippen LogP contribution is -2.15. The van der Waals surface area contributed by atoms with Crippen LogP contribution in [0, 0.1) is 6.92 Å². The summed E-state index contributed by atoms with van der Waals surface area (Å²) < 4.78 is 1.08. The first kappa shape index (κ1) is 11.2. The lowest BCUT2D eigenvalue weighted by atomic mass is 10.1. The average molecular weight is 291 g/mol. The number of rotatable bonds is 3. The Kier molecular flexibility index (Phi) is 2.89. The summed E-state index contributed by atoms with van der Waals surface area (Å²) in [6, 6.07) is 9.20. The van der Waals surface area contributed by atoms with Crippen LogP contribution in [0.2, 0.25) is 0 Å². The summed E-state index contributed by atoms with van der Waals surface area (Å²) in [4.78, 5) is 4.60. The molecule has 1 fully saturated rings. The zero-order valence-electron chi connectivity index (χ0n) is 9.83. The van der Waals surface area contributed by atoms with Crippen molar-refractivity contribution in [3.8, 4) is 0 Å². The molecule has 0 spiro atoms. The number of benzene rings is 1. The summed E-state index contributed by atoms with van der Waals surface area (Å²) >= 11 is 3.57. The average Bonchev–Trinajstić information content (AvgIpc) is 3.11. The van der Waals surface area contributed by atoms with Crippen LogP contribution in [-0.2, 0) is 6.54 Å². The van der Waals surface area contributed by atoms with Gasteiger partial charge < -0.3 is 5.32 Å². The van der Waals surface area contributed by atoms with E-state index in [0.717, 1.165) is 28.3 Å². The van der Waals surface area contributed by atoms with Crippen LogP contribution in [0.5, 0.6) is 0 Å². The molecule has 1 aliphatic carbocycles. The minimum atomic E-state index is 0.741. The van der Waals surface area contributed by atoms with Gasteiger partial charge in [0.1, 0.15) is 0 Å². The third-order valence-corrected chi connectivity index (χ3v) is 3.80. The summed E-state index contributed by atoms with van der Waals surface area (Å²) in [5.74, 6) is 0. The van der Waals surface area contributed by atoms with Crippen molar-refractivity contribution in [3.63, 3.8) is 0 Å². The van der Waals surface area contributed by atoms with E-state index >= 15 is 0 Å². The van der Waals surface area contributed by atoms with Crippen LogP contribution in [0.1, 0.15) is 24.1 Å². The predicted octanol–water partition coefficient (Wildman–Crippen LogP) is 3.56. The van der Waals surface area contributed by atoms with Gasteiger partial charge in [-0.25, -0.2) is 0 Å². The van der Waals surface area contributed by atoms with E-state index in [-0.39, 0.29) is 0 Å². The molecule has 1 aliphatic rings. The molecule has 3 rings (SSSR count). The van der Waals surface area contributed by atoms with Gasteiger partial charge in [0.05, 0.1) is 5.52 Å². The lowest BCUT2D eigenvalue weighted by molar-refractivity contribution is 0.690. The second-order valence-electron chi connectivity index (χ2n) is 4.71. The summed E-state index contributed by atoms with van der Waals surface area (Å²) in [5.41, 5.74) is 3.50. The molecule has 2 aromatic rings. The first-order valence-electron chi connectivity index (χ1n) is 6.02. The van der Waals surface area contributed by atoms with Crippen LogP contribution in [0.4, 0.5) is 0 Å². The highest BCUT2D eigenvalue weighted by atomic mass is 79.9. The minimum Gasteiger partial charge on any atom is -0.310 e. The largest absolute Gasteiger partial charge is 0.310 e. The van der Waals surface area contributed by atoms with Crippen molar-refractivity contribution in [2.45, 2.75) is 32.4 Å². The van der Waals surface area contributed by atoms with Crippen LogP contribution in [-0.4, -0.2) is 11.0 Å². The topological polar surface area (TPSA) is 24.9 Å². The van der Waals surface area contributed by atoms with Crippen molar-refractivity contribution < 1.29 is 0 Å². The van der Waals surface area contributed by atoms with Crippen molar-refractivity contribution in [3.05, 3.63) is 40.0 Å². The fraction of sp³-hybridized carbons (Fsp3) is 0.357. The van der Waals surface area contributed by atoms with Crippen molar-refractivity contribution in [2.75, 3.05) is 0 Å². The molecule has 88 valence electrons. The number of pyridine rings is 1. The highest BCUT2D eigenvalue weighted by Crippen LogP contribution is 2.26. The van der Waals surface area contributed by atoms with Gasteiger partial charge in [-0.2, -0.15) is 0 Å². The maximum atomic E-state index is 4.60. The second-order valence-corrected chi connectivity index (χ2v) is 5.57. The molecular formula is C14H15BrN2. The molecular weight excluding hydrogens is 276 g/mol. The molecule has 3 heteroatoms. The Labute approximate surface area is 110 Å². The molecule has 1 aromatic carbocycles. The molecule has 0 bridgehead atoms. The predicted molar refractivity (Wildman–Crippen MR) is 74.0 cm³/mol. The van der Waals surface area contributed by atoms with Crippen LogP contribution in [0.3, 0.4) is 0 Å². The number of halogens is 1. The van der Waals surface area contributed by atoms with Crippen molar-refractivity contribution in [1.82, 2.24) is 10.3 Å². The number of fused-ring (bicyclic) bond motifs is 1. The quantitative estimate of drug-likeness (QED) is 0.935. The van der Waals surface area contributed by atoms with Crippen LogP contribution in [0.25, 0.3) is 10.9 Å². The molecule has 0 radical (unpaired) electrons. The molecule has 2 nitrogen and oxygen atoms in total. The third kappa shape index (κ3) is 2.35. The molecule has 1 heterocycles. The number of nitrogens with zero attached hydrogens (tertiary/aromatic N) is 1. The van der Waals surface area contributed by atoms with E-state index in [9.17, 15) is 0 Å². The summed E-state index contributed by atoms with van der Waals surface area (Å²) in [7, 11) is 0. The maximum absolute atomic E-state index is 4.60. The Bertz CT molecular complexity index is 561. The maximum Gasteiger partial charge on any atom is 0.0850 e. The van der Waals surface area contributed by atoms with Gasteiger partial charge in [0.25, 0.3) is 0 Å². The minimum absolute atomic E-state index is 0.741. The van der Waals surface area contributed by atoms with Crippen LogP contribution < -0.4 is 5.32 Å². The Morgan fingerprint density at radius 2 is 2.24 bits per heavy atom. The van der Waals surface area contributed by atoms with E-state index in [2.05, 4.69) is 51.4 Å². The van der Waals surface area contributed by atoms with Crippen LogP contribution in [0.15, 0.2) is 28.7 Å². The van der Waals surface area contributed by atoms with Gasteiger partial charge in [0.2, 0.25) is 0 Å². The molecule has 0 aliphatic heterocycles. The van der Waals surface area contributed by atoms with E-state index in [1.807, 2.05) is 6.07 Å². The fourth-order valence-corrected chi connectivity index (χ4v) is 2.57. The number of hydrogen-bond donors (Lipinski definition) is 1. The van der Waals surface area contributed by atoms with Gasteiger partial charge in [-0.3, -0.25) is 4.98 Å². The molecule has 0 saturated heterocycles. The van der Waals surface area contributed by atoms with E-state index in [0.29, 0.717) is 0 Å². The Morgan fingerprint density at radius 3 is 3.00 bits per heavy atom. The van der Waals surface area contributed by atoms with E-state index in [1.165, 1.54) is 23.8 Å². The molecule has 17 heavy (non-hydrogen) atoms. The van der Waals surface area contributed by atoms with E-state index in [4.69, 9.17) is 0 Å². The van der Waals surface area contributed by atoms with Crippen molar-refractivity contribution >= 4 is 26.8 Å². The van der Waals surface area contributed by atoms with Crippen LogP contribution >= 0.6 is 15.9 Å². The van der Waals surface area contributed by atoms with Gasteiger partial charge in [0.15, 0.2) is 0 Å². The van der Waals surface area contributed by atoms with Gasteiger partial charge in [-0.15, -0.1) is 0 Å². The molecule has 0 atom stereocenters. The first-order valence-corrected chi connectivity index (χ1v) is 6.81. The summed E-state index contributed by atoms with van der Waals surface area (Å²) in [6.45, 7) is 3.00. The normalized spacial score (nSPS) is 15.4. The monoisotopic (exact) mass is 290 g/mol. The first-order chi connectivity index (χ1) is 8.24. The van der Waals surface area contributed by atoms with Gasteiger partial charge >= 0.3 is 0 Å². The Morgan fingerprint density at radius 1 is 1.41 bits per heavy atom. The number of nitrogens with one attached hydrogen (secondary N) is 1. The summed E-state index contributed by atoms with van der Waals surface area (Å²) in [5, 5.41) is 4.82. The van der Waals surface area contributed by atoms with Gasteiger partial charge in [0, 0.05) is 28.1 Å². The Hall–Kier alpha value is -0.930. The fourth-order valence-electron chi connectivity index (χ4n) is 2.11. The molecule has 1 saturated carbocycles. The highest BCUT2D eigenvalue weighted by Gasteiger charge is 2.20. The number of aryl methyl sites for hydroxylation is 1. The highest BCUT2D eigenvalue weighted by molar-refractivity contribution is 9.10. The number of para-hydroxylation sites is 1. The third-order valence-electron chi connectivity index (χ3n) is 3.16. The van der Waals surface area contributed by atoms with Gasteiger partial charge in [-0.05, 0) is 53.4 Å². The second kappa shape index (κ2) is 4.39. The van der Waals surface area contributed by atoms with Crippen molar-refractivity contribution in [2.24, 2.45) is 0 Å². The van der Waals surface area contributed by atoms with Gasteiger partial charge in [-0.1, -0.05) is 12.1 Å². The smallest absolute Gasteiger partial charge is 0.0850 e. The standard InChI is InChI=1S/C14H15BrN2/c1-9-7-10(8-16-11-5-6-11)12-3-2-4-13(15)14(12)17-9/h2-4,7,11,16H,5-6,8H2,1H3.